The smallest absolute Gasteiger partial charge is 0.232 e. The monoisotopic (exact) mass is 298 g/mol. The zero-order valence-electron chi connectivity index (χ0n) is 12.0. The molecule has 4 nitrogen and oxygen atoms in total. The Hall–Kier alpha value is -2.69. The third-order valence-corrected chi connectivity index (χ3v) is 3.70. The summed E-state index contributed by atoms with van der Waals surface area (Å²) in [5, 5.41) is 5.32. The third kappa shape index (κ3) is 2.70. The lowest BCUT2D eigenvalue weighted by Gasteiger charge is -2.24. The van der Waals surface area contributed by atoms with Gasteiger partial charge in [-0.2, -0.15) is 0 Å². The first-order chi connectivity index (χ1) is 10.5. The average molecular weight is 298 g/mol. The number of amides is 2. The SMILES string of the molecule is Cc1ccc(F)c(NC(=O)C2CC(=O)Nc3ccccc32)c1. The zero-order chi connectivity index (χ0) is 15.7. The number of rotatable bonds is 2. The second-order valence-corrected chi connectivity index (χ2v) is 5.36. The van der Waals surface area contributed by atoms with Crippen LogP contribution in [-0.2, 0) is 9.59 Å². The van der Waals surface area contributed by atoms with Crippen molar-refractivity contribution in [2.75, 3.05) is 10.6 Å². The number of hydrogen-bond donors (Lipinski definition) is 2. The average Bonchev–Trinajstić information content (AvgIpc) is 2.50. The Balaban J connectivity index is 1.89. The van der Waals surface area contributed by atoms with Crippen LogP contribution < -0.4 is 10.6 Å². The number of carbonyl (C=O) groups is 2. The summed E-state index contributed by atoms with van der Waals surface area (Å²) in [5.41, 5.74) is 2.35. The summed E-state index contributed by atoms with van der Waals surface area (Å²) >= 11 is 0. The third-order valence-electron chi connectivity index (χ3n) is 3.70. The molecule has 2 aromatic carbocycles. The van der Waals surface area contributed by atoms with Crippen LogP contribution in [-0.4, -0.2) is 11.8 Å². The summed E-state index contributed by atoms with van der Waals surface area (Å²) in [6.45, 7) is 1.82. The molecule has 0 fully saturated rings. The van der Waals surface area contributed by atoms with E-state index >= 15 is 0 Å². The highest BCUT2D eigenvalue weighted by Crippen LogP contribution is 2.33. The van der Waals surface area contributed by atoms with Crippen LogP contribution in [0.25, 0.3) is 0 Å². The molecular formula is C17H15FN2O2. The number of para-hydroxylation sites is 1. The molecule has 0 bridgehead atoms. The Morgan fingerprint density at radius 3 is 2.86 bits per heavy atom. The molecule has 1 heterocycles. The van der Waals surface area contributed by atoms with Gasteiger partial charge in [-0.15, -0.1) is 0 Å². The van der Waals surface area contributed by atoms with Gasteiger partial charge < -0.3 is 10.6 Å². The van der Waals surface area contributed by atoms with Gasteiger partial charge in [0, 0.05) is 12.1 Å². The lowest BCUT2D eigenvalue weighted by molar-refractivity contribution is -0.123. The van der Waals surface area contributed by atoms with E-state index < -0.39 is 11.7 Å². The number of hydrogen-bond acceptors (Lipinski definition) is 2. The minimum atomic E-state index is -0.620. The van der Waals surface area contributed by atoms with Crippen molar-refractivity contribution < 1.29 is 14.0 Å². The van der Waals surface area contributed by atoms with Gasteiger partial charge in [-0.25, -0.2) is 4.39 Å². The minimum absolute atomic E-state index is 0.0519. The molecule has 0 spiro atoms. The van der Waals surface area contributed by atoms with Crippen LogP contribution in [0.3, 0.4) is 0 Å². The molecule has 0 aliphatic carbocycles. The number of nitrogens with one attached hydrogen (secondary N) is 2. The van der Waals surface area contributed by atoms with Crippen molar-refractivity contribution in [2.45, 2.75) is 19.3 Å². The molecule has 0 radical (unpaired) electrons. The van der Waals surface area contributed by atoms with Gasteiger partial charge in [0.25, 0.3) is 0 Å². The fraction of sp³-hybridized carbons (Fsp3) is 0.176. The molecular weight excluding hydrogens is 283 g/mol. The van der Waals surface area contributed by atoms with E-state index in [-0.39, 0.29) is 23.9 Å². The quantitative estimate of drug-likeness (QED) is 0.894. The minimum Gasteiger partial charge on any atom is -0.326 e. The lowest BCUT2D eigenvalue weighted by atomic mass is 9.89. The number of halogens is 1. The standard InChI is InChI=1S/C17H15FN2O2/c1-10-6-7-13(18)15(8-10)20-17(22)12-9-16(21)19-14-5-3-2-4-11(12)14/h2-8,12H,9H2,1H3,(H,19,21)(H,20,22). The Kier molecular flexibility index (Phi) is 3.63. The Morgan fingerprint density at radius 1 is 1.27 bits per heavy atom. The first-order valence-electron chi connectivity index (χ1n) is 7.00. The van der Waals surface area contributed by atoms with Crippen LogP contribution in [0.5, 0.6) is 0 Å². The maximum absolute atomic E-state index is 13.8. The van der Waals surface area contributed by atoms with Crippen LogP contribution in [0.15, 0.2) is 42.5 Å². The maximum atomic E-state index is 13.8. The first-order valence-corrected chi connectivity index (χ1v) is 7.00. The molecule has 5 heteroatoms. The van der Waals surface area contributed by atoms with Crippen LogP contribution >= 0.6 is 0 Å². The number of aryl methyl sites for hydroxylation is 1. The number of fused-ring (bicyclic) bond motifs is 1. The number of carbonyl (C=O) groups excluding carboxylic acids is 2. The molecule has 1 unspecified atom stereocenters. The van der Waals surface area contributed by atoms with Gasteiger partial charge in [0.05, 0.1) is 11.6 Å². The molecule has 1 aliphatic rings. The highest BCUT2D eigenvalue weighted by atomic mass is 19.1. The van der Waals surface area contributed by atoms with E-state index in [0.29, 0.717) is 5.69 Å². The lowest BCUT2D eigenvalue weighted by Crippen LogP contribution is -2.31. The van der Waals surface area contributed by atoms with Crippen LogP contribution in [0.2, 0.25) is 0 Å². The topological polar surface area (TPSA) is 58.2 Å². The molecule has 1 aliphatic heterocycles. The highest BCUT2D eigenvalue weighted by molar-refractivity contribution is 6.05. The van der Waals surface area contributed by atoms with Gasteiger partial charge in [-0.05, 0) is 36.2 Å². The van der Waals surface area contributed by atoms with Crippen LogP contribution in [0, 0.1) is 12.7 Å². The Labute approximate surface area is 127 Å². The fourth-order valence-corrected chi connectivity index (χ4v) is 2.60. The van der Waals surface area contributed by atoms with Crippen LogP contribution in [0.1, 0.15) is 23.5 Å². The van der Waals surface area contributed by atoms with Crippen molar-refractivity contribution in [3.63, 3.8) is 0 Å². The van der Waals surface area contributed by atoms with Gasteiger partial charge in [0.15, 0.2) is 0 Å². The van der Waals surface area contributed by atoms with Crippen molar-refractivity contribution in [1.29, 1.82) is 0 Å². The molecule has 0 saturated heterocycles. The molecule has 2 N–H and O–H groups in total. The highest BCUT2D eigenvalue weighted by Gasteiger charge is 2.30. The van der Waals surface area contributed by atoms with Crippen molar-refractivity contribution in [3.05, 3.63) is 59.4 Å². The second kappa shape index (κ2) is 5.60. The summed E-state index contributed by atoms with van der Waals surface area (Å²) in [6.07, 6.45) is 0.0519. The second-order valence-electron chi connectivity index (χ2n) is 5.36. The largest absolute Gasteiger partial charge is 0.326 e. The van der Waals surface area contributed by atoms with E-state index in [9.17, 15) is 14.0 Å². The van der Waals surface area contributed by atoms with Gasteiger partial charge in [-0.3, -0.25) is 9.59 Å². The number of benzene rings is 2. The van der Waals surface area contributed by atoms with Crippen molar-refractivity contribution >= 4 is 23.2 Å². The van der Waals surface area contributed by atoms with E-state index in [4.69, 9.17) is 0 Å². The summed E-state index contributed by atoms with van der Waals surface area (Å²) in [5.74, 6) is -1.72. The van der Waals surface area contributed by atoms with Crippen molar-refractivity contribution in [3.8, 4) is 0 Å². The molecule has 2 amide bonds. The summed E-state index contributed by atoms with van der Waals surface area (Å²) in [4.78, 5) is 24.2. The van der Waals surface area contributed by atoms with E-state index in [1.165, 1.54) is 6.07 Å². The van der Waals surface area contributed by atoms with Gasteiger partial charge in [0.2, 0.25) is 11.8 Å². The normalized spacial score (nSPS) is 16.6. The molecule has 0 saturated carbocycles. The van der Waals surface area contributed by atoms with E-state index in [1.54, 1.807) is 30.3 Å². The predicted molar refractivity (Wildman–Crippen MR) is 82.2 cm³/mol. The fourth-order valence-electron chi connectivity index (χ4n) is 2.60. The van der Waals surface area contributed by atoms with Gasteiger partial charge >= 0.3 is 0 Å². The molecule has 2 aromatic rings. The van der Waals surface area contributed by atoms with Crippen molar-refractivity contribution in [2.24, 2.45) is 0 Å². The molecule has 0 aromatic heterocycles. The summed E-state index contributed by atoms with van der Waals surface area (Å²) in [7, 11) is 0. The molecule has 3 rings (SSSR count). The summed E-state index contributed by atoms with van der Waals surface area (Å²) < 4.78 is 13.8. The summed E-state index contributed by atoms with van der Waals surface area (Å²) in [6, 6.07) is 11.7. The van der Waals surface area contributed by atoms with Crippen molar-refractivity contribution in [1.82, 2.24) is 0 Å². The predicted octanol–water partition coefficient (Wildman–Crippen LogP) is 3.20. The van der Waals surface area contributed by atoms with E-state index in [2.05, 4.69) is 10.6 Å². The zero-order valence-corrected chi connectivity index (χ0v) is 12.0. The molecule has 112 valence electrons. The Morgan fingerprint density at radius 2 is 2.05 bits per heavy atom. The van der Waals surface area contributed by atoms with E-state index in [0.717, 1.165) is 11.1 Å². The number of anilines is 2. The Bertz CT molecular complexity index is 758. The van der Waals surface area contributed by atoms with E-state index in [1.807, 2.05) is 13.0 Å². The van der Waals surface area contributed by atoms with Gasteiger partial charge in [0.1, 0.15) is 5.82 Å². The van der Waals surface area contributed by atoms with Gasteiger partial charge in [-0.1, -0.05) is 24.3 Å². The molecule has 1 atom stereocenters. The van der Waals surface area contributed by atoms with Crippen LogP contribution in [0.4, 0.5) is 15.8 Å². The maximum Gasteiger partial charge on any atom is 0.232 e. The molecule has 22 heavy (non-hydrogen) atoms. The first kappa shape index (κ1) is 14.3.